The maximum Gasteiger partial charge on any atom is 0.302 e. The largest absolute Gasteiger partial charge is 0.463 e. The number of fused-ring (bicyclic) bond motifs is 5. The lowest BCUT2D eigenvalue weighted by Gasteiger charge is -2.60. The van der Waals surface area contributed by atoms with Gasteiger partial charge in [0.05, 0.1) is 0 Å². The van der Waals surface area contributed by atoms with E-state index in [1.807, 2.05) is 0 Å². The minimum Gasteiger partial charge on any atom is -0.463 e. The van der Waals surface area contributed by atoms with Crippen molar-refractivity contribution in [3.63, 3.8) is 0 Å². The highest BCUT2D eigenvalue weighted by atomic mass is 16.5. The summed E-state index contributed by atoms with van der Waals surface area (Å²) in [6, 6.07) is 0.198. The van der Waals surface area contributed by atoms with Gasteiger partial charge in [-0.05, 0) is 97.8 Å². The van der Waals surface area contributed by atoms with Crippen LogP contribution in [0.4, 0.5) is 0 Å². The Balaban J connectivity index is 1.53. The Kier molecular flexibility index (Phi) is 4.50. The molecule has 0 radical (unpaired) electrons. The first-order chi connectivity index (χ1) is 12.4. The van der Waals surface area contributed by atoms with Gasteiger partial charge < -0.3 is 4.74 Å². The number of esters is 1. The van der Waals surface area contributed by atoms with Gasteiger partial charge in [0.1, 0.15) is 6.10 Å². The zero-order valence-electron chi connectivity index (χ0n) is 16.5. The van der Waals surface area contributed by atoms with Gasteiger partial charge in [0.2, 0.25) is 0 Å². The predicted octanol–water partition coefficient (Wildman–Crippen LogP) is 5.64. The van der Waals surface area contributed by atoms with E-state index in [0.29, 0.717) is 11.3 Å². The van der Waals surface area contributed by atoms with Crippen molar-refractivity contribution in [3.8, 4) is 0 Å². The summed E-state index contributed by atoms with van der Waals surface area (Å²) in [5, 5.41) is 4.19. The Hall–Kier alpha value is -1.22. The van der Waals surface area contributed by atoms with Gasteiger partial charge in [-0.1, -0.05) is 19.0 Å². The van der Waals surface area contributed by atoms with Crippen molar-refractivity contribution in [1.82, 2.24) is 0 Å². The molecule has 4 fully saturated rings. The van der Waals surface area contributed by atoms with Gasteiger partial charge in [0.25, 0.3) is 0 Å². The van der Waals surface area contributed by atoms with Gasteiger partial charge in [-0.3, -0.25) is 4.79 Å². The minimum absolute atomic E-state index is 0.129. The smallest absolute Gasteiger partial charge is 0.302 e. The fourth-order valence-electron chi connectivity index (χ4n) is 7.78. The van der Waals surface area contributed by atoms with Crippen molar-refractivity contribution in [2.45, 2.75) is 90.7 Å². The van der Waals surface area contributed by atoms with E-state index in [2.05, 4.69) is 23.9 Å². The molecule has 4 rings (SSSR count). The van der Waals surface area contributed by atoms with E-state index >= 15 is 0 Å². The van der Waals surface area contributed by atoms with E-state index in [1.54, 1.807) is 0 Å². The first-order valence-electron chi connectivity index (χ1n) is 10.6. The van der Waals surface area contributed by atoms with E-state index in [9.17, 15) is 4.79 Å². The van der Waals surface area contributed by atoms with Crippen LogP contribution in [0, 0.1) is 34.5 Å². The molecule has 0 amide bonds. The molecular formula is C21H33N3O2. The zero-order valence-corrected chi connectivity index (χ0v) is 16.5. The van der Waals surface area contributed by atoms with Crippen molar-refractivity contribution in [2.24, 2.45) is 39.6 Å². The minimum atomic E-state index is -0.129. The fourth-order valence-corrected chi connectivity index (χ4v) is 7.78. The van der Waals surface area contributed by atoms with Crippen molar-refractivity contribution in [1.29, 1.82) is 0 Å². The molecule has 0 spiro atoms. The van der Waals surface area contributed by atoms with Crippen molar-refractivity contribution in [2.75, 3.05) is 0 Å². The number of hydrogen-bond donors (Lipinski definition) is 0. The number of carbonyl (C=O) groups excluding carboxylic acids is 1. The topological polar surface area (TPSA) is 75.1 Å². The molecule has 0 aliphatic heterocycles. The van der Waals surface area contributed by atoms with E-state index in [4.69, 9.17) is 10.3 Å². The quantitative estimate of drug-likeness (QED) is 0.277. The molecule has 0 heterocycles. The Morgan fingerprint density at radius 2 is 1.77 bits per heavy atom. The molecule has 144 valence electrons. The first-order valence-corrected chi connectivity index (χ1v) is 10.6. The Morgan fingerprint density at radius 3 is 2.50 bits per heavy atom. The Bertz CT molecular complexity index is 631. The van der Waals surface area contributed by atoms with Crippen LogP contribution in [0.25, 0.3) is 10.4 Å². The molecule has 0 aromatic heterocycles. The first kappa shape index (κ1) is 18.2. The van der Waals surface area contributed by atoms with Gasteiger partial charge in [-0.25, -0.2) is 0 Å². The highest BCUT2D eigenvalue weighted by Gasteiger charge is 2.60. The van der Waals surface area contributed by atoms with E-state index in [0.717, 1.165) is 37.0 Å². The number of nitrogens with zero attached hydrogens (tertiary/aromatic N) is 3. The standard InChI is InChI=1S/C21H33N3O2/c1-13(25)26-15-8-10-20(2)14(12-15)4-5-16-17-6-7-19(23-24-22)21(17,3)11-9-18(16)20/h14-19H,4-12H2,1-3H3/t14-,15-,16-,17-,18-,19+,20-,21-/m0/s1. The summed E-state index contributed by atoms with van der Waals surface area (Å²) in [5.74, 6) is 2.87. The van der Waals surface area contributed by atoms with Crippen LogP contribution in [0.1, 0.15) is 78.6 Å². The molecule has 26 heavy (non-hydrogen) atoms. The lowest BCUT2D eigenvalue weighted by molar-refractivity contribution is -0.159. The number of rotatable bonds is 2. The second kappa shape index (κ2) is 6.44. The van der Waals surface area contributed by atoms with Crippen LogP contribution >= 0.6 is 0 Å². The number of azide groups is 1. The van der Waals surface area contributed by atoms with Crippen LogP contribution < -0.4 is 0 Å². The van der Waals surface area contributed by atoms with Crippen LogP contribution in [0.15, 0.2) is 5.11 Å². The summed E-state index contributed by atoms with van der Waals surface area (Å²) in [4.78, 5) is 14.5. The van der Waals surface area contributed by atoms with Crippen LogP contribution in [0.2, 0.25) is 0 Å². The third-order valence-corrected chi connectivity index (χ3v) is 9.09. The third kappa shape index (κ3) is 2.66. The monoisotopic (exact) mass is 359 g/mol. The summed E-state index contributed by atoms with van der Waals surface area (Å²) in [5.41, 5.74) is 9.58. The summed E-state index contributed by atoms with van der Waals surface area (Å²) in [6.45, 7) is 6.46. The molecule has 0 aromatic carbocycles. The van der Waals surface area contributed by atoms with Gasteiger partial charge in [-0.2, -0.15) is 0 Å². The molecule has 4 saturated carbocycles. The molecule has 8 atom stereocenters. The zero-order chi connectivity index (χ0) is 18.5. The highest BCUT2D eigenvalue weighted by Crippen LogP contribution is 2.66. The molecule has 4 aliphatic rings. The van der Waals surface area contributed by atoms with Gasteiger partial charge >= 0.3 is 5.97 Å². The van der Waals surface area contributed by atoms with Gasteiger partial charge in [0.15, 0.2) is 0 Å². The number of hydrogen-bond acceptors (Lipinski definition) is 3. The second-order valence-corrected chi connectivity index (χ2v) is 10.0. The lowest BCUT2D eigenvalue weighted by atomic mass is 9.45. The summed E-state index contributed by atoms with van der Waals surface area (Å²) in [6.07, 6.45) is 10.8. The Morgan fingerprint density at radius 1 is 1.04 bits per heavy atom. The van der Waals surface area contributed by atoms with Gasteiger partial charge in [-0.15, -0.1) is 0 Å². The normalized spacial score (nSPS) is 50.0. The average Bonchev–Trinajstić information content (AvgIpc) is 2.92. The molecule has 4 aliphatic carbocycles. The summed E-state index contributed by atoms with van der Waals surface area (Å²) < 4.78 is 5.56. The van der Waals surface area contributed by atoms with Crippen LogP contribution in [-0.4, -0.2) is 18.1 Å². The molecule has 0 bridgehead atoms. The number of ether oxygens (including phenoxy) is 1. The second-order valence-electron chi connectivity index (χ2n) is 10.0. The average molecular weight is 360 g/mol. The third-order valence-electron chi connectivity index (χ3n) is 9.09. The van der Waals surface area contributed by atoms with Crippen molar-refractivity contribution < 1.29 is 9.53 Å². The maximum atomic E-state index is 11.4. The van der Waals surface area contributed by atoms with E-state index in [1.165, 1.54) is 45.4 Å². The highest BCUT2D eigenvalue weighted by molar-refractivity contribution is 5.66. The summed E-state index contributed by atoms with van der Waals surface area (Å²) >= 11 is 0. The molecule has 0 saturated heterocycles. The van der Waals surface area contributed by atoms with E-state index < -0.39 is 0 Å². The molecule has 5 heteroatoms. The molecular weight excluding hydrogens is 326 g/mol. The fraction of sp³-hybridized carbons (Fsp3) is 0.952. The Labute approximate surface area is 156 Å². The SMILES string of the molecule is CC(=O)O[C@H]1CC[C@@]2(C)[C@@H](CC[C@@H]3[C@@H]2CC[C@]2(C)[C@H](N=[N+]=[N-])CC[C@@H]32)C1. The maximum absolute atomic E-state index is 11.4. The number of carbonyl (C=O) groups is 1. The molecule has 0 N–H and O–H groups in total. The van der Waals surface area contributed by atoms with Crippen LogP contribution in [-0.2, 0) is 9.53 Å². The van der Waals surface area contributed by atoms with Crippen LogP contribution in [0.3, 0.4) is 0 Å². The van der Waals surface area contributed by atoms with E-state index in [-0.39, 0.29) is 23.5 Å². The van der Waals surface area contributed by atoms with Crippen molar-refractivity contribution in [3.05, 3.63) is 10.4 Å². The lowest BCUT2D eigenvalue weighted by Crippen LogP contribution is -2.54. The molecule has 0 aromatic rings. The molecule has 0 unspecified atom stereocenters. The van der Waals surface area contributed by atoms with Crippen LogP contribution in [0.5, 0.6) is 0 Å². The van der Waals surface area contributed by atoms with Crippen molar-refractivity contribution >= 4 is 5.97 Å². The summed E-state index contributed by atoms with van der Waals surface area (Å²) in [7, 11) is 0. The van der Waals surface area contributed by atoms with Gasteiger partial charge in [0, 0.05) is 17.9 Å². The predicted molar refractivity (Wildman–Crippen MR) is 100 cm³/mol. The molecule has 5 nitrogen and oxygen atoms in total.